The molecule has 30 heavy (non-hydrogen) atoms. The van der Waals surface area contributed by atoms with Crippen molar-refractivity contribution in [1.82, 2.24) is 9.78 Å². The predicted octanol–water partition coefficient (Wildman–Crippen LogP) is 3.80. The number of aryl methyl sites for hydroxylation is 1. The fourth-order valence-corrected chi connectivity index (χ4v) is 2.64. The third kappa shape index (κ3) is 5.05. The smallest absolute Gasteiger partial charge is 0.416 e. The highest BCUT2D eigenvalue weighted by molar-refractivity contribution is 5.86. The number of aromatic nitrogens is 2. The van der Waals surface area contributed by atoms with E-state index in [1.165, 1.54) is 19.1 Å². The molecule has 0 saturated carbocycles. The number of rotatable bonds is 6. The Kier molecular flexibility index (Phi) is 6.20. The minimum atomic E-state index is -4.54. The summed E-state index contributed by atoms with van der Waals surface area (Å²) in [5, 5.41) is 3.92. The van der Waals surface area contributed by atoms with Crippen molar-refractivity contribution < 1.29 is 27.4 Å². The third-order valence-corrected chi connectivity index (χ3v) is 4.05. The van der Waals surface area contributed by atoms with Crippen molar-refractivity contribution in [1.29, 1.82) is 0 Å². The maximum Gasteiger partial charge on any atom is 0.416 e. The lowest BCUT2D eigenvalue weighted by molar-refractivity contribution is -0.137. The second-order valence-electron chi connectivity index (χ2n) is 6.26. The number of nitrogens with zero attached hydrogens (tertiary/aromatic N) is 2. The minimum Gasteiger partial charge on any atom is -0.490 e. The first-order valence-electron chi connectivity index (χ1n) is 8.89. The predicted molar refractivity (Wildman–Crippen MR) is 102 cm³/mol. The van der Waals surface area contributed by atoms with Gasteiger partial charge >= 0.3 is 12.1 Å². The largest absolute Gasteiger partial charge is 0.490 e. The Balaban J connectivity index is 1.76. The lowest BCUT2D eigenvalue weighted by atomic mass is 10.2. The van der Waals surface area contributed by atoms with Crippen LogP contribution in [0, 0.1) is 6.92 Å². The van der Waals surface area contributed by atoms with E-state index in [1.807, 2.05) is 6.07 Å². The van der Waals surface area contributed by atoms with Crippen molar-refractivity contribution in [3.05, 3.63) is 87.8 Å². The van der Waals surface area contributed by atoms with Crippen molar-refractivity contribution in [3.63, 3.8) is 0 Å². The van der Waals surface area contributed by atoms with Crippen LogP contribution in [0.3, 0.4) is 0 Å². The molecule has 0 bridgehead atoms. The second kappa shape index (κ2) is 8.81. The number of halogens is 3. The van der Waals surface area contributed by atoms with Gasteiger partial charge < -0.3 is 9.47 Å². The highest BCUT2D eigenvalue weighted by Gasteiger charge is 2.30. The number of benzene rings is 2. The number of alkyl halides is 3. The maximum atomic E-state index is 13.0. The first-order valence-corrected chi connectivity index (χ1v) is 8.89. The van der Waals surface area contributed by atoms with Gasteiger partial charge in [-0.2, -0.15) is 18.3 Å². The third-order valence-electron chi connectivity index (χ3n) is 4.05. The van der Waals surface area contributed by atoms with Crippen LogP contribution in [0.1, 0.15) is 21.7 Å². The Hall–Kier alpha value is -3.62. The van der Waals surface area contributed by atoms with E-state index < -0.39 is 28.8 Å². The zero-order valence-electron chi connectivity index (χ0n) is 15.8. The number of carbonyl (C=O) groups is 1. The quantitative estimate of drug-likeness (QED) is 0.450. The fourth-order valence-electron chi connectivity index (χ4n) is 2.64. The first kappa shape index (κ1) is 21.1. The molecular formula is C21H17F3N2O4. The van der Waals surface area contributed by atoms with Crippen molar-refractivity contribution in [2.75, 3.05) is 13.2 Å². The summed E-state index contributed by atoms with van der Waals surface area (Å²) in [6, 6.07) is 14.4. The van der Waals surface area contributed by atoms with Crippen LogP contribution < -0.4 is 10.2 Å². The van der Waals surface area contributed by atoms with Gasteiger partial charge in [-0.15, -0.1) is 0 Å². The van der Waals surface area contributed by atoms with Crippen molar-refractivity contribution in [2.45, 2.75) is 13.1 Å². The summed E-state index contributed by atoms with van der Waals surface area (Å²) < 4.78 is 50.5. The Morgan fingerprint density at radius 1 is 1.03 bits per heavy atom. The lowest BCUT2D eigenvalue weighted by Crippen LogP contribution is -2.25. The van der Waals surface area contributed by atoms with Gasteiger partial charge in [0.1, 0.15) is 19.0 Å². The average molecular weight is 418 g/mol. The molecule has 0 amide bonds. The van der Waals surface area contributed by atoms with E-state index in [-0.39, 0.29) is 24.6 Å². The van der Waals surface area contributed by atoms with Crippen LogP contribution in [0.4, 0.5) is 13.2 Å². The van der Waals surface area contributed by atoms with E-state index in [1.54, 1.807) is 24.3 Å². The van der Waals surface area contributed by atoms with E-state index in [2.05, 4.69) is 5.10 Å². The van der Waals surface area contributed by atoms with Crippen LogP contribution in [-0.4, -0.2) is 29.0 Å². The van der Waals surface area contributed by atoms with Crippen molar-refractivity contribution in [2.24, 2.45) is 0 Å². The van der Waals surface area contributed by atoms with Gasteiger partial charge in [-0.25, -0.2) is 9.48 Å². The van der Waals surface area contributed by atoms with E-state index in [0.29, 0.717) is 5.75 Å². The summed E-state index contributed by atoms with van der Waals surface area (Å²) in [7, 11) is 0. The van der Waals surface area contributed by atoms with E-state index >= 15 is 0 Å². The highest BCUT2D eigenvalue weighted by Crippen LogP contribution is 2.30. The maximum absolute atomic E-state index is 13.0. The molecule has 1 aromatic heterocycles. The van der Waals surface area contributed by atoms with Crippen LogP contribution in [0.2, 0.25) is 0 Å². The topological polar surface area (TPSA) is 70.4 Å². The first-order chi connectivity index (χ1) is 14.3. The van der Waals surface area contributed by atoms with Gasteiger partial charge in [-0.05, 0) is 37.3 Å². The minimum absolute atomic E-state index is 0.0590. The average Bonchev–Trinajstić information content (AvgIpc) is 2.71. The Bertz CT molecular complexity index is 1100. The summed E-state index contributed by atoms with van der Waals surface area (Å²) in [5.74, 6) is -0.397. The summed E-state index contributed by atoms with van der Waals surface area (Å²) in [5.41, 5.74) is -1.77. The van der Waals surface area contributed by atoms with Gasteiger partial charge in [0.2, 0.25) is 11.1 Å². The molecule has 0 spiro atoms. The molecule has 1 heterocycles. The van der Waals surface area contributed by atoms with Crippen LogP contribution in [-0.2, 0) is 10.9 Å². The van der Waals surface area contributed by atoms with E-state index in [4.69, 9.17) is 9.47 Å². The standard InChI is InChI=1S/C21H17F3N2O4/c1-14-12-18(27)19(20(28)30-11-10-29-17-8-3-2-4-9-17)25-26(14)16-7-5-6-15(13-16)21(22,23)24/h2-9,12-13H,10-11H2,1H3. The summed E-state index contributed by atoms with van der Waals surface area (Å²) in [6.07, 6.45) is -4.54. The number of hydrogen-bond donors (Lipinski definition) is 0. The van der Waals surface area contributed by atoms with Crippen LogP contribution in [0.25, 0.3) is 5.69 Å². The number of esters is 1. The Morgan fingerprint density at radius 3 is 2.47 bits per heavy atom. The molecule has 2 aromatic carbocycles. The summed E-state index contributed by atoms with van der Waals surface area (Å²) in [4.78, 5) is 24.4. The molecule has 0 atom stereocenters. The van der Waals surface area contributed by atoms with Crippen LogP contribution in [0.5, 0.6) is 5.75 Å². The molecule has 6 nitrogen and oxygen atoms in total. The van der Waals surface area contributed by atoms with Gasteiger partial charge in [0, 0.05) is 11.8 Å². The monoisotopic (exact) mass is 418 g/mol. The molecule has 156 valence electrons. The zero-order chi connectivity index (χ0) is 21.7. The molecule has 0 fully saturated rings. The van der Waals surface area contributed by atoms with E-state index in [9.17, 15) is 22.8 Å². The number of para-hydroxylation sites is 1. The van der Waals surface area contributed by atoms with E-state index in [0.717, 1.165) is 22.9 Å². The molecule has 0 N–H and O–H groups in total. The molecule has 3 rings (SSSR count). The van der Waals surface area contributed by atoms with Gasteiger partial charge in [-0.1, -0.05) is 24.3 Å². The molecular weight excluding hydrogens is 401 g/mol. The molecule has 0 unspecified atom stereocenters. The van der Waals surface area contributed by atoms with Gasteiger partial charge in [-0.3, -0.25) is 4.79 Å². The van der Waals surface area contributed by atoms with Gasteiger partial charge in [0.25, 0.3) is 0 Å². The van der Waals surface area contributed by atoms with Crippen molar-refractivity contribution in [3.8, 4) is 11.4 Å². The normalized spacial score (nSPS) is 11.2. The zero-order valence-corrected chi connectivity index (χ0v) is 15.8. The lowest BCUT2D eigenvalue weighted by Gasteiger charge is -2.13. The molecule has 3 aromatic rings. The Morgan fingerprint density at radius 2 is 1.77 bits per heavy atom. The number of hydrogen-bond acceptors (Lipinski definition) is 5. The fraction of sp³-hybridized carbons (Fsp3) is 0.190. The SMILES string of the molecule is Cc1cc(=O)c(C(=O)OCCOc2ccccc2)nn1-c1cccc(C(F)(F)F)c1. The molecule has 0 saturated heterocycles. The molecule has 0 radical (unpaired) electrons. The van der Waals surface area contributed by atoms with Gasteiger partial charge in [0.05, 0.1) is 11.3 Å². The molecule has 0 aliphatic rings. The Labute approximate surface area is 169 Å². The van der Waals surface area contributed by atoms with Crippen molar-refractivity contribution >= 4 is 5.97 Å². The van der Waals surface area contributed by atoms with Crippen LogP contribution >= 0.6 is 0 Å². The number of carbonyl (C=O) groups excluding carboxylic acids is 1. The summed E-state index contributed by atoms with van der Waals surface area (Å²) in [6.45, 7) is 1.42. The highest BCUT2D eigenvalue weighted by atomic mass is 19.4. The van der Waals surface area contributed by atoms with Crippen LogP contribution in [0.15, 0.2) is 65.5 Å². The van der Waals surface area contributed by atoms with Gasteiger partial charge in [0.15, 0.2) is 0 Å². The number of ether oxygens (including phenoxy) is 2. The molecule has 0 aliphatic carbocycles. The summed E-state index contributed by atoms with van der Waals surface area (Å²) >= 11 is 0. The molecule has 9 heteroatoms. The second-order valence-corrected chi connectivity index (χ2v) is 6.26. The molecule has 0 aliphatic heterocycles.